The van der Waals surface area contributed by atoms with Crippen molar-refractivity contribution in [3.05, 3.63) is 36.5 Å². The highest BCUT2D eigenvalue weighted by atomic mass is 16.6. The smallest absolute Gasteiger partial charge is 0.0866 e. The zero-order chi connectivity index (χ0) is 13.6. The van der Waals surface area contributed by atoms with Gasteiger partial charge in [-0.15, -0.1) is 0 Å². The molecular formula is C17H26O. The summed E-state index contributed by atoms with van der Waals surface area (Å²) in [5.41, 5.74) is 1.78. The van der Waals surface area contributed by atoms with Crippen molar-refractivity contribution >= 4 is 0 Å². The number of hydrogen-bond acceptors (Lipinski definition) is 1. The van der Waals surface area contributed by atoms with E-state index in [9.17, 15) is 0 Å². The molecule has 2 unspecified atom stereocenters. The van der Waals surface area contributed by atoms with Gasteiger partial charge in [0.2, 0.25) is 0 Å². The molecule has 1 fully saturated rings. The minimum absolute atomic E-state index is 0.176. The molecule has 0 bridgehead atoms. The van der Waals surface area contributed by atoms with Crippen molar-refractivity contribution in [3.63, 3.8) is 0 Å². The van der Waals surface area contributed by atoms with Crippen LogP contribution in [0.2, 0.25) is 0 Å². The van der Waals surface area contributed by atoms with Crippen molar-refractivity contribution in [3.8, 4) is 0 Å². The summed E-state index contributed by atoms with van der Waals surface area (Å²) in [5, 5.41) is 0. The van der Waals surface area contributed by atoms with Crippen LogP contribution in [0.25, 0.3) is 0 Å². The van der Waals surface area contributed by atoms with Crippen molar-refractivity contribution in [1.82, 2.24) is 0 Å². The summed E-state index contributed by atoms with van der Waals surface area (Å²) in [6.45, 7) is 16.6. The topological polar surface area (TPSA) is 12.5 Å². The van der Waals surface area contributed by atoms with Crippen LogP contribution in [-0.4, -0.2) is 12.7 Å². The average molecular weight is 246 g/mol. The molecule has 1 heterocycles. The lowest BCUT2D eigenvalue weighted by molar-refractivity contribution is -0.0185. The first-order chi connectivity index (χ1) is 8.24. The number of allylic oxidation sites excluding steroid dienone is 5. The summed E-state index contributed by atoms with van der Waals surface area (Å²) in [4.78, 5) is 0. The molecule has 0 aromatic rings. The van der Waals surface area contributed by atoms with Crippen LogP contribution in [0.5, 0.6) is 0 Å². The van der Waals surface area contributed by atoms with E-state index in [1.165, 1.54) is 5.57 Å². The lowest BCUT2D eigenvalue weighted by Crippen LogP contribution is -2.48. The second-order valence-electron chi connectivity index (χ2n) is 7.03. The molecule has 18 heavy (non-hydrogen) atoms. The summed E-state index contributed by atoms with van der Waals surface area (Å²) >= 11 is 0. The van der Waals surface area contributed by atoms with E-state index in [1.807, 2.05) is 6.08 Å². The van der Waals surface area contributed by atoms with Gasteiger partial charge in [-0.1, -0.05) is 65.5 Å². The third kappa shape index (κ3) is 1.89. The van der Waals surface area contributed by atoms with Gasteiger partial charge in [-0.2, -0.15) is 0 Å². The third-order valence-corrected chi connectivity index (χ3v) is 5.82. The van der Waals surface area contributed by atoms with Crippen molar-refractivity contribution < 1.29 is 4.74 Å². The van der Waals surface area contributed by atoms with Gasteiger partial charge < -0.3 is 4.74 Å². The molecule has 1 saturated heterocycles. The van der Waals surface area contributed by atoms with Crippen LogP contribution in [0.1, 0.15) is 41.0 Å². The fourth-order valence-corrected chi connectivity index (χ4v) is 2.96. The van der Waals surface area contributed by atoms with Crippen LogP contribution in [0.15, 0.2) is 36.5 Å². The summed E-state index contributed by atoms with van der Waals surface area (Å²) in [7, 11) is 0. The molecular weight excluding hydrogens is 220 g/mol. The van der Waals surface area contributed by atoms with Crippen LogP contribution < -0.4 is 0 Å². The maximum Gasteiger partial charge on any atom is 0.0866 e. The first-order valence-electron chi connectivity index (χ1n) is 6.88. The Morgan fingerprint density at radius 1 is 1.39 bits per heavy atom. The molecule has 1 aliphatic carbocycles. The van der Waals surface area contributed by atoms with E-state index < -0.39 is 0 Å². The summed E-state index contributed by atoms with van der Waals surface area (Å²) in [6.07, 6.45) is 10.3. The lowest BCUT2D eigenvalue weighted by Gasteiger charge is -2.52. The predicted octanol–water partition coefficient (Wildman–Crippen LogP) is 4.52. The Labute approximate surface area is 112 Å². The van der Waals surface area contributed by atoms with E-state index in [2.05, 4.69) is 59.4 Å². The Morgan fingerprint density at radius 2 is 2.00 bits per heavy atom. The number of epoxide rings is 1. The van der Waals surface area contributed by atoms with Gasteiger partial charge >= 0.3 is 0 Å². The Kier molecular flexibility index (Phi) is 3.09. The fourth-order valence-electron chi connectivity index (χ4n) is 2.96. The van der Waals surface area contributed by atoms with Gasteiger partial charge in [0.05, 0.1) is 12.7 Å². The van der Waals surface area contributed by atoms with Crippen LogP contribution >= 0.6 is 0 Å². The van der Waals surface area contributed by atoms with E-state index in [0.717, 1.165) is 13.0 Å². The summed E-state index contributed by atoms with van der Waals surface area (Å²) in [5.74, 6) is 0. The Hall–Kier alpha value is -0.820. The van der Waals surface area contributed by atoms with E-state index in [4.69, 9.17) is 4.74 Å². The zero-order valence-corrected chi connectivity index (χ0v) is 12.4. The highest BCUT2D eigenvalue weighted by molar-refractivity contribution is 5.35. The SMILES string of the molecule is C=CC1=CCC(C)(C(C)(C)C(C)(C)C2CO2)C=C1. The maximum atomic E-state index is 5.58. The van der Waals surface area contributed by atoms with Crippen molar-refractivity contribution in [2.24, 2.45) is 16.2 Å². The molecule has 2 atom stereocenters. The van der Waals surface area contributed by atoms with Gasteiger partial charge in [-0.3, -0.25) is 0 Å². The summed E-state index contributed by atoms with van der Waals surface area (Å²) < 4.78 is 5.58. The molecule has 0 radical (unpaired) electrons. The second kappa shape index (κ2) is 4.09. The molecule has 0 saturated carbocycles. The summed E-state index contributed by atoms with van der Waals surface area (Å²) in [6, 6.07) is 0. The van der Waals surface area contributed by atoms with Crippen molar-refractivity contribution in [2.45, 2.75) is 47.1 Å². The largest absolute Gasteiger partial charge is 0.373 e. The molecule has 1 heteroatoms. The fraction of sp³-hybridized carbons (Fsp3) is 0.647. The minimum atomic E-state index is 0.176. The monoisotopic (exact) mass is 246 g/mol. The molecule has 1 nitrogen and oxygen atoms in total. The highest BCUT2D eigenvalue weighted by Crippen LogP contribution is 2.58. The highest BCUT2D eigenvalue weighted by Gasteiger charge is 2.56. The first kappa shape index (κ1) is 13.6. The van der Waals surface area contributed by atoms with Gasteiger partial charge in [0, 0.05) is 0 Å². The number of rotatable bonds is 4. The van der Waals surface area contributed by atoms with Crippen LogP contribution in [0, 0.1) is 16.2 Å². The van der Waals surface area contributed by atoms with Gasteiger partial charge in [-0.05, 0) is 28.2 Å². The van der Waals surface area contributed by atoms with Gasteiger partial charge in [0.25, 0.3) is 0 Å². The number of hydrogen-bond donors (Lipinski definition) is 0. The Morgan fingerprint density at radius 3 is 2.39 bits per heavy atom. The van der Waals surface area contributed by atoms with Gasteiger partial charge in [0.1, 0.15) is 0 Å². The normalized spacial score (nSPS) is 32.1. The quantitative estimate of drug-likeness (QED) is 0.665. The van der Waals surface area contributed by atoms with Crippen LogP contribution in [0.3, 0.4) is 0 Å². The molecule has 0 aromatic heterocycles. The molecule has 100 valence electrons. The van der Waals surface area contributed by atoms with E-state index >= 15 is 0 Å². The van der Waals surface area contributed by atoms with E-state index in [0.29, 0.717) is 6.10 Å². The predicted molar refractivity (Wildman–Crippen MR) is 77.4 cm³/mol. The average Bonchev–Trinajstić information content (AvgIpc) is 3.13. The maximum absolute atomic E-state index is 5.58. The van der Waals surface area contributed by atoms with Crippen LogP contribution in [-0.2, 0) is 4.74 Å². The van der Waals surface area contributed by atoms with E-state index in [-0.39, 0.29) is 16.2 Å². The molecule has 0 amide bonds. The Bertz CT molecular complexity index is 407. The Balaban J connectivity index is 2.27. The molecule has 2 rings (SSSR count). The zero-order valence-electron chi connectivity index (χ0n) is 12.4. The molecule has 0 aromatic carbocycles. The second-order valence-corrected chi connectivity index (χ2v) is 7.03. The minimum Gasteiger partial charge on any atom is -0.373 e. The molecule has 0 spiro atoms. The van der Waals surface area contributed by atoms with Crippen LogP contribution in [0.4, 0.5) is 0 Å². The molecule has 0 N–H and O–H groups in total. The standard InChI is InChI=1S/C17H26O/c1-7-13-8-10-17(6,11-9-13)16(4,5)15(2,3)14-12-18-14/h7-10,14H,1,11-12H2,2-6H3. The molecule has 2 aliphatic rings. The first-order valence-corrected chi connectivity index (χ1v) is 6.88. The van der Waals surface area contributed by atoms with E-state index in [1.54, 1.807) is 0 Å². The van der Waals surface area contributed by atoms with Gasteiger partial charge in [0.15, 0.2) is 0 Å². The molecule has 1 aliphatic heterocycles. The lowest BCUT2D eigenvalue weighted by atomic mass is 9.51. The van der Waals surface area contributed by atoms with Crippen molar-refractivity contribution in [1.29, 1.82) is 0 Å². The van der Waals surface area contributed by atoms with Crippen molar-refractivity contribution in [2.75, 3.05) is 6.61 Å². The number of ether oxygens (including phenoxy) is 1. The third-order valence-electron chi connectivity index (χ3n) is 5.82. The van der Waals surface area contributed by atoms with Gasteiger partial charge in [-0.25, -0.2) is 0 Å².